The minimum absolute atomic E-state index is 0.305. The molecule has 1 saturated carbocycles. The second-order valence-electron chi connectivity index (χ2n) is 6.74. The summed E-state index contributed by atoms with van der Waals surface area (Å²) in [7, 11) is 0. The van der Waals surface area contributed by atoms with Crippen molar-refractivity contribution in [3.05, 3.63) is 71.8 Å². The van der Waals surface area contributed by atoms with Gasteiger partial charge in [0.1, 0.15) is 11.6 Å². The number of hydrogen-bond donors (Lipinski definition) is 1. The van der Waals surface area contributed by atoms with Crippen LogP contribution in [-0.2, 0) is 6.54 Å². The van der Waals surface area contributed by atoms with Gasteiger partial charge in [0.2, 0.25) is 0 Å². The number of benzene rings is 2. The predicted octanol–water partition coefficient (Wildman–Crippen LogP) is 4.03. The predicted molar refractivity (Wildman–Crippen MR) is 100 cm³/mol. The zero-order valence-electron chi connectivity index (χ0n) is 14.5. The van der Waals surface area contributed by atoms with E-state index in [9.17, 15) is 4.39 Å². The summed E-state index contributed by atoms with van der Waals surface area (Å²) in [5.74, 6) is 1.42. The molecule has 5 rings (SSSR count). The van der Waals surface area contributed by atoms with Gasteiger partial charge in [-0.3, -0.25) is 0 Å². The molecule has 2 heterocycles. The van der Waals surface area contributed by atoms with Gasteiger partial charge >= 0.3 is 0 Å². The average molecular weight is 360 g/mol. The lowest BCUT2D eigenvalue weighted by Crippen LogP contribution is -2.06. The van der Waals surface area contributed by atoms with Crippen molar-refractivity contribution >= 4 is 22.7 Å². The fraction of sp³-hybridized carbons (Fsp3) is 0.200. The van der Waals surface area contributed by atoms with Crippen LogP contribution < -0.4 is 5.32 Å². The van der Waals surface area contributed by atoms with E-state index in [1.165, 1.54) is 12.1 Å². The van der Waals surface area contributed by atoms with E-state index >= 15 is 0 Å². The number of nitrogens with one attached hydrogen (secondary N) is 1. The molecule has 0 radical (unpaired) electrons. The van der Waals surface area contributed by atoms with E-state index in [4.69, 9.17) is 4.98 Å². The molecule has 0 aliphatic heterocycles. The molecule has 27 heavy (non-hydrogen) atoms. The molecule has 4 aromatic rings. The van der Waals surface area contributed by atoms with Gasteiger partial charge in [0.05, 0.1) is 6.54 Å². The molecule has 0 spiro atoms. The van der Waals surface area contributed by atoms with Gasteiger partial charge in [-0.25, -0.2) is 19.0 Å². The molecule has 1 aliphatic rings. The lowest BCUT2D eigenvalue weighted by atomic mass is 10.2. The molecule has 0 bridgehead atoms. The first-order valence-electron chi connectivity index (χ1n) is 8.94. The Labute approximate surface area is 155 Å². The number of aromatic nitrogens is 5. The second kappa shape index (κ2) is 6.42. The summed E-state index contributed by atoms with van der Waals surface area (Å²) in [6.45, 7) is 0.581. The van der Waals surface area contributed by atoms with Gasteiger partial charge in [0.25, 0.3) is 0 Å². The summed E-state index contributed by atoms with van der Waals surface area (Å²) in [6.07, 6.45) is 2.18. The maximum Gasteiger partial charge on any atom is 0.184 e. The quantitative estimate of drug-likeness (QED) is 0.582. The normalized spacial score (nSPS) is 13.8. The van der Waals surface area contributed by atoms with Crippen LogP contribution in [0.1, 0.15) is 30.1 Å². The van der Waals surface area contributed by atoms with Crippen molar-refractivity contribution in [2.45, 2.75) is 25.3 Å². The molecular formula is C20H17FN6. The molecule has 1 fully saturated rings. The van der Waals surface area contributed by atoms with Crippen molar-refractivity contribution in [2.75, 3.05) is 5.32 Å². The number of hydrogen-bond acceptors (Lipinski definition) is 5. The summed E-state index contributed by atoms with van der Waals surface area (Å²) < 4.78 is 15.3. The van der Waals surface area contributed by atoms with Crippen LogP contribution in [0, 0.1) is 5.82 Å². The number of anilines is 2. The van der Waals surface area contributed by atoms with Crippen molar-refractivity contribution in [3.8, 4) is 0 Å². The maximum atomic E-state index is 13.5. The fourth-order valence-corrected chi connectivity index (χ4v) is 3.05. The van der Waals surface area contributed by atoms with E-state index in [0.717, 1.165) is 24.2 Å². The van der Waals surface area contributed by atoms with Crippen molar-refractivity contribution in [1.29, 1.82) is 0 Å². The Morgan fingerprint density at radius 1 is 1.04 bits per heavy atom. The van der Waals surface area contributed by atoms with Crippen molar-refractivity contribution in [2.24, 2.45) is 0 Å². The van der Waals surface area contributed by atoms with E-state index < -0.39 is 0 Å². The van der Waals surface area contributed by atoms with Gasteiger partial charge in [-0.15, -0.1) is 5.10 Å². The Kier molecular flexibility index (Phi) is 3.78. The Balaban J connectivity index is 1.58. The molecule has 7 heteroatoms. The summed E-state index contributed by atoms with van der Waals surface area (Å²) >= 11 is 0. The molecular weight excluding hydrogens is 343 g/mol. The molecule has 2 aromatic heterocycles. The van der Waals surface area contributed by atoms with Crippen molar-refractivity contribution in [1.82, 2.24) is 25.0 Å². The first-order chi connectivity index (χ1) is 13.3. The largest absolute Gasteiger partial charge is 0.338 e. The molecule has 0 saturated heterocycles. The Morgan fingerprint density at radius 2 is 1.89 bits per heavy atom. The summed E-state index contributed by atoms with van der Waals surface area (Å²) in [4.78, 5) is 9.37. The topological polar surface area (TPSA) is 68.5 Å². The van der Waals surface area contributed by atoms with Gasteiger partial charge in [-0.2, -0.15) is 0 Å². The summed E-state index contributed by atoms with van der Waals surface area (Å²) in [5.41, 5.74) is 3.01. The van der Waals surface area contributed by atoms with E-state index in [-0.39, 0.29) is 5.82 Å². The van der Waals surface area contributed by atoms with Crippen LogP contribution in [0.25, 0.3) is 11.2 Å². The molecule has 1 N–H and O–H groups in total. The molecule has 0 atom stereocenters. The number of halogens is 1. The molecule has 134 valence electrons. The highest BCUT2D eigenvalue weighted by atomic mass is 19.1. The van der Waals surface area contributed by atoms with Crippen LogP contribution in [0.2, 0.25) is 0 Å². The minimum atomic E-state index is -0.305. The standard InChI is InChI=1S/C20H17FN6/c21-15-7-4-8-16(11-15)22-19-17-20(24-18(23-19)14-9-10-14)27(26-25-17)12-13-5-2-1-3-6-13/h1-8,11,14H,9-10,12H2,(H,22,23,24). The van der Waals surface area contributed by atoms with Crippen LogP contribution >= 0.6 is 0 Å². The molecule has 0 amide bonds. The molecule has 6 nitrogen and oxygen atoms in total. The molecule has 0 unspecified atom stereocenters. The Bertz CT molecular complexity index is 1100. The van der Waals surface area contributed by atoms with Crippen LogP contribution in [0.3, 0.4) is 0 Å². The maximum absolute atomic E-state index is 13.5. The van der Waals surface area contributed by atoms with Gasteiger partial charge in [-0.1, -0.05) is 41.6 Å². The van der Waals surface area contributed by atoms with Gasteiger partial charge in [0, 0.05) is 11.6 Å². The van der Waals surface area contributed by atoms with Crippen LogP contribution in [0.5, 0.6) is 0 Å². The van der Waals surface area contributed by atoms with Crippen LogP contribution in [-0.4, -0.2) is 25.0 Å². The second-order valence-corrected chi connectivity index (χ2v) is 6.74. The van der Waals surface area contributed by atoms with E-state index in [0.29, 0.717) is 35.1 Å². The zero-order valence-corrected chi connectivity index (χ0v) is 14.5. The van der Waals surface area contributed by atoms with Gasteiger partial charge in [-0.05, 0) is 36.6 Å². The first kappa shape index (κ1) is 15.9. The van der Waals surface area contributed by atoms with E-state index in [1.54, 1.807) is 16.8 Å². The lowest BCUT2D eigenvalue weighted by Gasteiger charge is -2.09. The third-order valence-electron chi connectivity index (χ3n) is 4.59. The summed E-state index contributed by atoms with van der Waals surface area (Å²) in [6, 6.07) is 16.4. The third kappa shape index (κ3) is 3.23. The summed E-state index contributed by atoms with van der Waals surface area (Å²) in [5, 5.41) is 11.7. The SMILES string of the molecule is Fc1cccc(Nc2nc(C3CC3)nc3c2nnn3Cc2ccccc2)c1. The third-order valence-corrected chi connectivity index (χ3v) is 4.59. The molecule has 2 aromatic carbocycles. The van der Waals surface area contributed by atoms with Crippen LogP contribution in [0.15, 0.2) is 54.6 Å². The highest BCUT2D eigenvalue weighted by Gasteiger charge is 2.29. The highest BCUT2D eigenvalue weighted by Crippen LogP contribution is 2.39. The van der Waals surface area contributed by atoms with Crippen molar-refractivity contribution in [3.63, 3.8) is 0 Å². The van der Waals surface area contributed by atoms with E-state index in [1.807, 2.05) is 30.3 Å². The number of rotatable bonds is 5. The molecule has 1 aliphatic carbocycles. The lowest BCUT2D eigenvalue weighted by molar-refractivity contribution is 0.628. The highest BCUT2D eigenvalue weighted by molar-refractivity contribution is 5.84. The first-order valence-corrected chi connectivity index (χ1v) is 8.94. The van der Waals surface area contributed by atoms with Crippen molar-refractivity contribution < 1.29 is 4.39 Å². The zero-order chi connectivity index (χ0) is 18.2. The average Bonchev–Trinajstić information content (AvgIpc) is 3.45. The monoisotopic (exact) mass is 360 g/mol. The van der Waals surface area contributed by atoms with E-state index in [2.05, 4.69) is 20.6 Å². The smallest absolute Gasteiger partial charge is 0.184 e. The van der Waals surface area contributed by atoms with Gasteiger partial charge in [0.15, 0.2) is 17.0 Å². The minimum Gasteiger partial charge on any atom is -0.338 e. The number of nitrogens with zero attached hydrogens (tertiary/aromatic N) is 5. The van der Waals surface area contributed by atoms with Crippen LogP contribution in [0.4, 0.5) is 15.9 Å². The Morgan fingerprint density at radius 3 is 2.67 bits per heavy atom. The van der Waals surface area contributed by atoms with Gasteiger partial charge < -0.3 is 5.32 Å². The fourth-order valence-electron chi connectivity index (χ4n) is 3.05. The number of fused-ring (bicyclic) bond motifs is 1. The Hall–Kier alpha value is -3.35.